The summed E-state index contributed by atoms with van der Waals surface area (Å²) in [6.45, 7) is 3.87. The van der Waals surface area contributed by atoms with Crippen LogP contribution in [0.15, 0.2) is 24.3 Å². The molecular formula is C12H18ClNO2. The molecule has 3 unspecified atom stereocenters. The van der Waals surface area contributed by atoms with Gasteiger partial charge in [0.1, 0.15) is 0 Å². The van der Waals surface area contributed by atoms with Gasteiger partial charge in [-0.05, 0) is 31.5 Å². The molecule has 1 aromatic rings. The number of hydrogen-bond donors (Lipinski definition) is 2. The van der Waals surface area contributed by atoms with Gasteiger partial charge in [-0.2, -0.15) is 0 Å². The molecule has 0 aromatic heterocycles. The summed E-state index contributed by atoms with van der Waals surface area (Å²) < 4.78 is 5.67. The van der Waals surface area contributed by atoms with Crippen LogP contribution >= 0.6 is 11.6 Å². The lowest BCUT2D eigenvalue weighted by atomic mass is 10.1. The van der Waals surface area contributed by atoms with Crippen molar-refractivity contribution in [1.82, 2.24) is 0 Å². The van der Waals surface area contributed by atoms with Crippen molar-refractivity contribution in [3.8, 4) is 0 Å². The van der Waals surface area contributed by atoms with E-state index in [-0.39, 0.29) is 12.2 Å². The fourth-order valence-electron chi connectivity index (χ4n) is 1.35. The van der Waals surface area contributed by atoms with Crippen molar-refractivity contribution in [1.29, 1.82) is 0 Å². The zero-order valence-electron chi connectivity index (χ0n) is 9.56. The van der Waals surface area contributed by atoms with Gasteiger partial charge in [0.2, 0.25) is 0 Å². The highest BCUT2D eigenvalue weighted by molar-refractivity contribution is 6.30. The van der Waals surface area contributed by atoms with Gasteiger partial charge in [0.05, 0.1) is 18.3 Å². The van der Waals surface area contributed by atoms with E-state index in [1.165, 1.54) is 0 Å². The minimum absolute atomic E-state index is 0.233. The number of halogens is 1. The van der Waals surface area contributed by atoms with Crippen LogP contribution in [0.25, 0.3) is 0 Å². The van der Waals surface area contributed by atoms with Crippen LogP contribution in [-0.2, 0) is 4.74 Å². The van der Waals surface area contributed by atoms with Crippen molar-refractivity contribution in [2.24, 2.45) is 5.73 Å². The van der Waals surface area contributed by atoms with Crippen LogP contribution in [0, 0.1) is 0 Å². The summed E-state index contributed by atoms with van der Waals surface area (Å²) in [5.41, 5.74) is 6.59. The molecule has 0 aliphatic carbocycles. The fraction of sp³-hybridized carbons (Fsp3) is 0.500. The number of aliphatic hydroxyl groups is 1. The van der Waals surface area contributed by atoms with E-state index in [0.29, 0.717) is 11.6 Å². The Morgan fingerprint density at radius 2 is 2.12 bits per heavy atom. The fourth-order valence-corrected chi connectivity index (χ4v) is 1.55. The summed E-state index contributed by atoms with van der Waals surface area (Å²) in [6, 6.07) is 7.40. The molecule has 0 aliphatic heterocycles. The van der Waals surface area contributed by atoms with Crippen LogP contribution in [0.1, 0.15) is 25.5 Å². The summed E-state index contributed by atoms with van der Waals surface area (Å²) >= 11 is 5.90. The number of hydrogen-bond acceptors (Lipinski definition) is 3. The second-order valence-corrected chi connectivity index (χ2v) is 4.30. The molecule has 16 heavy (non-hydrogen) atoms. The molecule has 0 radical (unpaired) electrons. The van der Waals surface area contributed by atoms with Crippen molar-refractivity contribution in [3.05, 3.63) is 34.9 Å². The number of benzene rings is 1. The van der Waals surface area contributed by atoms with Crippen LogP contribution < -0.4 is 5.73 Å². The highest BCUT2D eigenvalue weighted by Gasteiger charge is 2.17. The Balaban J connectivity index is 2.74. The van der Waals surface area contributed by atoms with Crippen LogP contribution in [0.4, 0.5) is 0 Å². The quantitative estimate of drug-likeness (QED) is 0.833. The third-order valence-corrected chi connectivity index (χ3v) is 2.73. The Bertz CT molecular complexity index is 331. The summed E-state index contributed by atoms with van der Waals surface area (Å²) in [5.74, 6) is 0. The van der Waals surface area contributed by atoms with E-state index < -0.39 is 6.10 Å². The second-order valence-electron chi connectivity index (χ2n) is 3.86. The van der Waals surface area contributed by atoms with Gasteiger partial charge in [-0.25, -0.2) is 0 Å². The Morgan fingerprint density at radius 1 is 1.44 bits per heavy atom. The maximum absolute atomic E-state index is 9.37. The van der Waals surface area contributed by atoms with Crippen LogP contribution in [-0.4, -0.2) is 23.9 Å². The van der Waals surface area contributed by atoms with Crippen molar-refractivity contribution in [2.75, 3.05) is 6.54 Å². The SMILES string of the molecule is CC(O)C(C)OC(CN)c1cccc(Cl)c1. The molecular weight excluding hydrogens is 226 g/mol. The lowest BCUT2D eigenvalue weighted by Crippen LogP contribution is -2.28. The summed E-state index contributed by atoms with van der Waals surface area (Å²) in [5, 5.41) is 10.0. The maximum atomic E-state index is 9.37. The zero-order valence-corrected chi connectivity index (χ0v) is 10.3. The van der Waals surface area contributed by atoms with Crippen molar-refractivity contribution in [2.45, 2.75) is 32.2 Å². The molecule has 0 amide bonds. The Morgan fingerprint density at radius 3 is 2.62 bits per heavy atom. The Hall–Kier alpha value is -0.610. The smallest absolute Gasteiger partial charge is 0.0952 e. The van der Waals surface area contributed by atoms with Gasteiger partial charge in [0.15, 0.2) is 0 Å². The van der Waals surface area contributed by atoms with E-state index >= 15 is 0 Å². The first kappa shape index (κ1) is 13.5. The van der Waals surface area contributed by atoms with Gasteiger partial charge < -0.3 is 15.6 Å². The van der Waals surface area contributed by atoms with Gasteiger partial charge >= 0.3 is 0 Å². The van der Waals surface area contributed by atoms with Crippen LogP contribution in [0.2, 0.25) is 5.02 Å². The van der Waals surface area contributed by atoms with E-state index in [0.717, 1.165) is 5.56 Å². The molecule has 0 saturated carbocycles. The molecule has 0 bridgehead atoms. The van der Waals surface area contributed by atoms with E-state index in [1.54, 1.807) is 13.0 Å². The molecule has 90 valence electrons. The van der Waals surface area contributed by atoms with Gasteiger partial charge in [0, 0.05) is 11.6 Å². The third-order valence-electron chi connectivity index (χ3n) is 2.49. The normalized spacial score (nSPS) is 16.8. The summed E-state index contributed by atoms with van der Waals surface area (Å²) in [4.78, 5) is 0. The number of aliphatic hydroxyl groups excluding tert-OH is 1. The van der Waals surface area contributed by atoms with Crippen molar-refractivity contribution in [3.63, 3.8) is 0 Å². The van der Waals surface area contributed by atoms with Crippen molar-refractivity contribution < 1.29 is 9.84 Å². The summed E-state index contributed by atoms with van der Waals surface area (Å²) in [7, 11) is 0. The predicted molar refractivity (Wildman–Crippen MR) is 65.5 cm³/mol. The second kappa shape index (κ2) is 6.21. The van der Waals surface area contributed by atoms with Crippen LogP contribution in [0.3, 0.4) is 0 Å². The largest absolute Gasteiger partial charge is 0.391 e. The van der Waals surface area contributed by atoms with E-state index in [9.17, 15) is 5.11 Å². The monoisotopic (exact) mass is 243 g/mol. The van der Waals surface area contributed by atoms with E-state index in [2.05, 4.69) is 0 Å². The summed E-state index contributed by atoms with van der Waals surface area (Å²) in [6.07, 6.45) is -1.01. The molecule has 3 N–H and O–H groups in total. The molecule has 0 saturated heterocycles. The number of rotatable bonds is 5. The average Bonchev–Trinajstić information content (AvgIpc) is 2.25. The minimum atomic E-state index is -0.520. The van der Waals surface area contributed by atoms with Gasteiger partial charge in [-0.1, -0.05) is 23.7 Å². The van der Waals surface area contributed by atoms with E-state index in [4.69, 9.17) is 22.1 Å². The number of nitrogens with two attached hydrogens (primary N) is 1. The van der Waals surface area contributed by atoms with Gasteiger partial charge in [0.25, 0.3) is 0 Å². The number of ether oxygens (including phenoxy) is 1. The topological polar surface area (TPSA) is 55.5 Å². The Kier molecular flexibility index (Phi) is 5.22. The van der Waals surface area contributed by atoms with Crippen LogP contribution in [0.5, 0.6) is 0 Å². The highest BCUT2D eigenvalue weighted by atomic mass is 35.5. The first-order valence-corrected chi connectivity index (χ1v) is 5.71. The van der Waals surface area contributed by atoms with Gasteiger partial charge in [-0.3, -0.25) is 0 Å². The molecule has 0 heterocycles. The standard InChI is InChI=1S/C12H18ClNO2/c1-8(15)9(2)16-12(7-14)10-4-3-5-11(13)6-10/h3-6,8-9,12,15H,7,14H2,1-2H3. The molecule has 1 rings (SSSR count). The minimum Gasteiger partial charge on any atom is -0.391 e. The molecule has 0 spiro atoms. The lowest BCUT2D eigenvalue weighted by molar-refractivity contribution is -0.0591. The zero-order chi connectivity index (χ0) is 12.1. The first-order chi connectivity index (χ1) is 7.54. The predicted octanol–water partition coefficient (Wildman–Crippen LogP) is 2.13. The molecule has 1 aromatic carbocycles. The average molecular weight is 244 g/mol. The first-order valence-electron chi connectivity index (χ1n) is 5.33. The highest BCUT2D eigenvalue weighted by Crippen LogP contribution is 2.22. The lowest BCUT2D eigenvalue weighted by Gasteiger charge is -2.23. The van der Waals surface area contributed by atoms with Gasteiger partial charge in [-0.15, -0.1) is 0 Å². The van der Waals surface area contributed by atoms with E-state index in [1.807, 2.05) is 25.1 Å². The Labute approximate surface area is 101 Å². The molecule has 0 fully saturated rings. The molecule has 0 aliphatic rings. The molecule has 4 heteroatoms. The van der Waals surface area contributed by atoms with Crippen molar-refractivity contribution >= 4 is 11.6 Å². The molecule has 3 atom stereocenters. The maximum Gasteiger partial charge on any atom is 0.0952 e. The molecule has 3 nitrogen and oxygen atoms in total. The third kappa shape index (κ3) is 3.76.